The van der Waals surface area contributed by atoms with E-state index in [1.54, 1.807) is 60.7 Å². The Morgan fingerprint density at radius 3 is 2.03 bits per heavy atom. The summed E-state index contributed by atoms with van der Waals surface area (Å²) in [6.07, 6.45) is 0. The maximum absolute atomic E-state index is 14.4. The molecule has 4 aromatic carbocycles. The van der Waals surface area contributed by atoms with Crippen molar-refractivity contribution in [3.63, 3.8) is 0 Å². The lowest BCUT2D eigenvalue weighted by Crippen LogP contribution is -2.17. The van der Waals surface area contributed by atoms with E-state index in [1.165, 1.54) is 48.5 Å². The van der Waals surface area contributed by atoms with E-state index < -0.39 is 29.0 Å². The van der Waals surface area contributed by atoms with Crippen LogP contribution in [0.2, 0.25) is 0 Å². The van der Waals surface area contributed by atoms with Crippen LogP contribution >= 0.6 is 0 Å². The summed E-state index contributed by atoms with van der Waals surface area (Å²) in [6.45, 7) is 0. The largest absolute Gasteiger partial charge is 0.419 e. The van der Waals surface area contributed by atoms with Gasteiger partial charge in [-0.3, -0.25) is 0 Å². The molecule has 184 valence electrons. The SMILES string of the molecule is O=C(Oc1c(-c2cccc(F)c2)c(C#Cc2cccc(F)c2)c(-c2ccccc2)oc1=O)c1ccccc1. The molecule has 0 aliphatic rings. The highest BCUT2D eigenvalue weighted by molar-refractivity contribution is 5.93. The molecule has 0 atom stereocenters. The van der Waals surface area contributed by atoms with Gasteiger partial charge in [-0.25, -0.2) is 18.4 Å². The van der Waals surface area contributed by atoms with Crippen molar-refractivity contribution in [3.8, 4) is 40.0 Å². The van der Waals surface area contributed by atoms with E-state index in [4.69, 9.17) is 9.15 Å². The van der Waals surface area contributed by atoms with Crippen LogP contribution in [0.1, 0.15) is 21.5 Å². The number of halogens is 2. The second-order valence-electron chi connectivity index (χ2n) is 8.19. The number of ether oxygens (including phenoxy) is 1. The molecule has 4 nitrogen and oxygen atoms in total. The van der Waals surface area contributed by atoms with Crippen molar-refractivity contribution in [1.29, 1.82) is 0 Å². The van der Waals surface area contributed by atoms with E-state index in [9.17, 15) is 18.4 Å². The fourth-order valence-electron chi connectivity index (χ4n) is 3.87. The molecule has 0 aliphatic heterocycles. The number of esters is 1. The number of hydrogen-bond donors (Lipinski definition) is 0. The van der Waals surface area contributed by atoms with Gasteiger partial charge in [0.05, 0.1) is 16.7 Å². The van der Waals surface area contributed by atoms with Crippen molar-refractivity contribution in [2.75, 3.05) is 0 Å². The first-order valence-electron chi connectivity index (χ1n) is 11.6. The van der Waals surface area contributed by atoms with Gasteiger partial charge in [0.25, 0.3) is 0 Å². The predicted molar refractivity (Wildman–Crippen MR) is 140 cm³/mol. The average molecular weight is 504 g/mol. The highest BCUT2D eigenvalue weighted by Gasteiger charge is 2.25. The minimum Gasteiger partial charge on any atom is -0.419 e. The van der Waals surface area contributed by atoms with E-state index in [0.29, 0.717) is 11.1 Å². The molecule has 0 amide bonds. The Kier molecular flexibility index (Phi) is 6.92. The Bertz CT molecular complexity index is 1750. The molecule has 38 heavy (non-hydrogen) atoms. The lowest BCUT2D eigenvalue weighted by atomic mass is 9.96. The van der Waals surface area contributed by atoms with Gasteiger partial charge in [-0.2, -0.15) is 0 Å². The Morgan fingerprint density at radius 1 is 0.711 bits per heavy atom. The molecule has 0 unspecified atom stereocenters. The van der Waals surface area contributed by atoms with E-state index >= 15 is 0 Å². The Labute approximate surface area is 216 Å². The molecule has 0 aliphatic carbocycles. The summed E-state index contributed by atoms with van der Waals surface area (Å²) in [5.41, 5.74) is 0.638. The highest BCUT2D eigenvalue weighted by atomic mass is 19.1. The number of carbonyl (C=O) groups excluding carboxylic acids is 1. The number of carbonyl (C=O) groups is 1. The van der Waals surface area contributed by atoms with Crippen molar-refractivity contribution in [2.45, 2.75) is 0 Å². The third-order valence-electron chi connectivity index (χ3n) is 5.59. The lowest BCUT2D eigenvalue weighted by Gasteiger charge is -2.14. The van der Waals surface area contributed by atoms with Gasteiger partial charge < -0.3 is 9.15 Å². The first kappa shape index (κ1) is 24.4. The van der Waals surface area contributed by atoms with Gasteiger partial charge in [0.1, 0.15) is 11.6 Å². The smallest absolute Gasteiger partial charge is 0.380 e. The third-order valence-corrected chi connectivity index (χ3v) is 5.59. The van der Waals surface area contributed by atoms with Crippen LogP contribution in [-0.4, -0.2) is 5.97 Å². The van der Waals surface area contributed by atoms with Crippen LogP contribution in [0, 0.1) is 23.5 Å². The number of benzene rings is 4. The van der Waals surface area contributed by atoms with Crippen LogP contribution < -0.4 is 10.4 Å². The normalized spacial score (nSPS) is 10.4. The fourth-order valence-corrected chi connectivity index (χ4v) is 3.87. The van der Waals surface area contributed by atoms with Crippen LogP contribution in [0.3, 0.4) is 0 Å². The molecule has 0 N–H and O–H groups in total. The summed E-state index contributed by atoms with van der Waals surface area (Å²) in [6, 6.07) is 28.0. The first-order chi connectivity index (χ1) is 18.5. The van der Waals surface area contributed by atoms with Crippen LogP contribution in [0.25, 0.3) is 22.5 Å². The zero-order valence-electron chi connectivity index (χ0n) is 19.8. The van der Waals surface area contributed by atoms with Crippen LogP contribution in [0.15, 0.2) is 118 Å². The highest BCUT2D eigenvalue weighted by Crippen LogP contribution is 2.37. The molecule has 5 rings (SSSR count). The van der Waals surface area contributed by atoms with Crippen LogP contribution in [0.4, 0.5) is 8.78 Å². The minimum absolute atomic E-state index is 0.0767. The third kappa shape index (κ3) is 5.28. The number of hydrogen-bond acceptors (Lipinski definition) is 4. The molecule has 0 saturated heterocycles. The van der Waals surface area contributed by atoms with Gasteiger partial charge in [-0.1, -0.05) is 78.6 Å². The van der Waals surface area contributed by atoms with Crippen molar-refractivity contribution < 1.29 is 22.7 Å². The Hall–Kier alpha value is -5.28. The molecule has 6 heteroatoms. The summed E-state index contributed by atoms with van der Waals surface area (Å²) >= 11 is 0. The van der Waals surface area contributed by atoms with Gasteiger partial charge in [0, 0.05) is 11.1 Å². The summed E-state index contributed by atoms with van der Waals surface area (Å²) in [5.74, 6) is 3.66. The zero-order chi connectivity index (χ0) is 26.5. The molecule has 0 radical (unpaired) electrons. The van der Waals surface area contributed by atoms with Gasteiger partial charge in [-0.15, -0.1) is 0 Å². The first-order valence-corrected chi connectivity index (χ1v) is 11.6. The van der Waals surface area contributed by atoms with Crippen LogP contribution in [-0.2, 0) is 0 Å². The molecular weight excluding hydrogens is 486 g/mol. The molecule has 0 fully saturated rings. The summed E-state index contributed by atoms with van der Waals surface area (Å²) in [5, 5.41) is 0. The van der Waals surface area contributed by atoms with Crippen molar-refractivity contribution in [2.24, 2.45) is 0 Å². The second kappa shape index (κ2) is 10.8. The standard InChI is InChI=1S/C32H18F2O4/c33-25-15-7-9-21(19-25)17-18-27-28(24-14-8-16-26(34)20-24)30(38-31(35)23-12-5-2-6-13-23)32(36)37-29(27)22-10-3-1-4-11-22/h1-16,19-20H. The second-order valence-corrected chi connectivity index (χ2v) is 8.19. The molecule has 1 aromatic heterocycles. The van der Waals surface area contributed by atoms with E-state index in [0.717, 1.165) is 0 Å². The van der Waals surface area contributed by atoms with Gasteiger partial charge >= 0.3 is 11.6 Å². The fraction of sp³-hybridized carbons (Fsp3) is 0. The van der Waals surface area contributed by atoms with Gasteiger partial charge in [0.2, 0.25) is 5.75 Å². The maximum Gasteiger partial charge on any atom is 0.380 e. The Morgan fingerprint density at radius 2 is 1.34 bits per heavy atom. The molecule has 1 heterocycles. The maximum atomic E-state index is 14.4. The summed E-state index contributed by atoms with van der Waals surface area (Å²) in [4.78, 5) is 26.2. The van der Waals surface area contributed by atoms with Gasteiger partial charge in [0.15, 0.2) is 5.76 Å². The van der Waals surface area contributed by atoms with Crippen LogP contribution in [0.5, 0.6) is 5.75 Å². The average Bonchev–Trinajstić information content (AvgIpc) is 2.94. The predicted octanol–water partition coefficient (Wildman–Crippen LogP) is 6.87. The number of rotatable bonds is 4. The van der Waals surface area contributed by atoms with E-state index in [-0.39, 0.29) is 28.0 Å². The van der Waals surface area contributed by atoms with Gasteiger partial charge in [-0.05, 0) is 48.0 Å². The molecule has 0 bridgehead atoms. The minimum atomic E-state index is -0.941. The zero-order valence-corrected chi connectivity index (χ0v) is 19.8. The molecule has 0 saturated carbocycles. The Balaban J connectivity index is 1.80. The molecule has 5 aromatic rings. The van der Waals surface area contributed by atoms with E-state index in [1.807, 2.05) is 0 Å². The molecular formula is C32H18F2O4. The summed E-state index contributed by atoms with van der Waals surface area (Å²) < 4.78 is 39.4. The van der Waals surface area contributed by atoms with Crippen molar-refractivity contribution >= 4 is 5.97 Å². The topological polar surface area (TPSA) is 56.5 Å². The van der Waals surface area contributed by atoms with E-state index in [2.05, 4.69) is 11.8 Å². The molecule has 0 spiro atoms. The lowest BCUT2D eigenvalue weighted by molar-refractivity contribution is 0.0729. The monoisotopic (exact) mass is 504 g/mol. The van der Waals surface area contributed by atoms with Crippen molar-refractivity contribution in [1.82, 2.24) is 0 Å². The van der Waals surface area contributed by atoms with Crippen molar-refractivity contribution in [3.05, 3.63) is 148 Å². The summed E-state index contributed by atoms with van der Waals surface area (Å²) in [7, 11) is 0. The quantitative estimate of drug-likeness (QED) is 0.198.